The molecule has 1 unspecified atom stereocenters. The van der Waals surface area contributed by atoms with Gasteiger partial charge in [-0.1, -0.05) is 37.5 Å². The Morgan fingerprint density at radius 3 is 2.67 bits per heavy atom. The van der Waals surface area contributed by atoms with Crippen LogP contribution < -0.4 is 9.47 Å². The molecule has 1 aliphatic rings. The minimum Gasteiger partial charge on any atom is -0.493 e. The van der Waals surface area contributed by atoms with Crippen LogP contribution in [0, 0.1) is 0 Å². The molecule has 1 saturated carbocycles. The molecule has 1 aliphatic carbocycles. The Labute approximate surface area is 146 Å². The molecular weight excluding hydrogens is 302 g/mol. The first-order valence-corrected chi connectivity index (χ1v) is 8.96. The fourth-order valence-corrected chi connectivity index (χ4v) is 3.34. The van der Waals surface area contributed by atoms with E-state index in [1.807, 2.05) is 37.3 Å². The lowest BCUT2D eigenvalue weighted by Gasteiger charge is -2.32. The van der Waals surface area contributed by atoms with E-state index in [-0.39, 0.29) is 6.61 Å². The summed E-state index contributed by atoms with van der Waals surface area (Å²) in [6.45, 7) is 2.90. The molecule has 0 aliphatic heterocycles. The molecule has 0 radical (unpaired) electrons. The summed E-state index contributed by atoms with van der Waals surface area (Å²) in [5.74, 6) is 1.36. The third-order valence-corrected chi connectivity index (χ3v) is 4.67. The van der Waals surface area contributed by atoms with Gasteiger partial charge in [0.25, 0.3) is 0 Å². The number of benzene rings is 1. The lowest BCUT2D eigenvalue weighted by Crippen LogP contribution is -2.40. The Bertz CT molecular complexity index is 524. The molecule has 1 fully saturated rings. The predicted molar refractivity (Wildman–Crippen MR) is 98.7 cm³/mol. The largest absolute Gasteiger partial charge is 0.493 e. The summed E-state index contributed by atoms with van der Waals surface area (Å²) in [5.41, 5.74) is 1.07. The number of aliphatic hydroxyl groups is 1. The van der Waals surface area contributed by atoms with Crippen LogP contribution in [0.4, 0.5) is 0 Å². The summed E-state index contributed by atoms with van der Waals surface area (Å²) in [7, 11) is 3.74. The number of methoxy groups -OCH3 is 1. The number of hydrogen-bond acceptors (Lipinski definition) is 4. The average molecular weight is 333 g/mol. The Balaban J connectivity index is 1.85. The third-order valence-electron chi connectivity index (χ3n) is 4.67. The minimum atomic E-state index is -0.503. The van der Waals surface area contributed by atoms with Crippen molar-refractivity contribution >= 4 is 6.08 Å². The van der Waals surface area contributed by atoms with Crippen molar-refractivity contribution in [3.8, 4) is 11.5 Å². The summed E-state index contributed by atoms with van der Waals surface area (Å²) in [4.78, 5) is 2.28. The molecule has 0 bridgehead atoms. The summed E-state index contributed by atoms with van der Waals surface area (Å²) in [5, 5.41) is 10.3. The molecule has 0 heterocycles. The maximum absolute atomic E-state index is 10.3. The number of allylic oxidation sites excluding steroid dienone is 1. The molecule has 1 atom stereocenters. The predicted octanol–water partition coefficient (Wildman–Crippen LogP) is 3.73. The van der Waals surface area contributed by atoms with Crippen LogP contribution >= 0.6 is 0 Å². The fourth-order valence-electron chi connectivity index (χ4n) is 3.34. The van der Waals surface area contributed by atoms with E-state index in [0.29, 0.717) is 24.1 Å². The van der Waals surface area contributed by atoms with Crippen LogP contribution in [0.3, 0.4) is 0 Å². The summed E-state index contributed by atoms with van der Waals surface area (Å²) < 4.78 is 11.2. The number of likely N-dealkylation sites (N-methyl/N-ethyl adjacent to an activating group) is 1. The molecule has 4 heteroatoms. The minimum absolute atomic E-state index is 0.274. The monoisotopic (exact) mass is 333 g/mol. The van der Waals surface area contributed by atoms with Crippen LogP contribution in [0.1, 0.15) is 44.6 Å². The van der Waals surface area contributed by atoms with Crippen molar-refractivity contribution in [3.63, 3.8) is 0 Å². The number of ether oxygens (including phenoxy) is 2. The second-order valence-electron chi connectivity index (χ2n) is 6.61. The highest BCUT2D eigenvalue weighted by Crippen LogP contribution is 2.29. The van der Waals surface area contributed by atoms with Crippen LogP contribution in [0.5, 0.6) is 11.5 Å². The van der Waals surface area contributed by atoms with E-state index in [1.165, 1.54) is 32.1 Å². The number of aliphatic hydroxyl groups excluding tert-OH is 1. The van der Waals surface area contributed by atoms with Crippen LogP contribution in [0.25, 0.3) is 6.08 Å². The normalized spacial score (nSPS) is 17.4. The highest BCUT2D eigenvalue weighted by Gasteiger charge is 2.20. The van der Waals surface area contributed by atoms with Crippen LogP contribution in [0.15, 0.2) is 24.3 Å². The van der Waals surface area contributed by atoms with E-state index in [0.717, 1.165) is 5.56 Å². The molecule has 0 spiro atoms. The van der Waals surface area contributed by atoms with E-state index in [4.69, 9.17) is 9.47 Å². The van der Waals surface area contributed by atoms with E-state index in [2.05, 4.69) is 11.9 Å². The van der Waals surface area contributed by atoms with Gasteiger partial charge >= 0.3 is 0 Å². The SMILES string of the molecule is C/C=C/c1ccc(OCC(O)CN(C)C2CCCCC2)c(OC)c1. The summed E-state index contributed by atoms with van der Waals surface area (Å²) in [6, 6.07) is 6.42. The first kappa shape index (κ1) is 18.8. The van der Waals surface area contributed by atoms with Crippen molar-refractivity contribution in [1.82, 2.24) is 4.90 Å². The van der Waals surface area contributed by atoms with Gasteiger partial charge in [0, 0.05) is 12.6 Å². The third kappa shape index (κ3) is 5.53. The molecule has 0 aromatic heterocycles. The summed E-state index contributed by atoms with van der Waals surface area (Å²) in [6.07, 6.45) is 9.93. The Morgan fingerprint density at radius 1 is 1.25 bits per heavy atom. The fraction of sp³-hybridized carbons (Fsp3) is 0.600. The van der Waals surface area contributed by atoms with Gasteiger partial charge in [-0.05, 0) is 44.5 Å². The molecule has 1 aromatic carbocycles. The molecule has 2 rings (SSSR count). The topological polar surface area (TPSA) is 41.9 Å². The smallest absolute Gasteiger partial charge is 0.161 e. The van der Waals surface area contributed by atoms with Gasteiger partial charge in [0.15, 0.2) is 11.5 Å². The highest BCUT2D eigenvalue weighted by molar-refractivity contribution is 5.55. The molecule has 24 heavy (non-hydrogen) atoms. The van der Waals surface area contributed by atoms with Crippen molar-refractivity contribution < 1.29 is 14.6 Å². The van der Waals surface area contributed by atoms with E-state index in [9.17, 15) is 5.11 Å². The lowest BCUT2D eigenvalue weighted by atomic mass is 9.94. The zero-order valence-corrected chi connectivity index (χ0v) is 15.2. The van der Waals surface area contributed by atoms with E-state index < -0.39 is 6.10 Å². The maximum Gasteiger partial charge on any atom is 0.161 e. The highest BCUT2D eigenvalue weighted by atomic mass is 16.5. The summed E-state index contributed by atoms with van der Waals surface area (Å²) >= 11 is 0. The molecule has 0 amide bonds. The van der Waals surface area contributed by atoms with Gasteiger partial charge in [-0.3, -0.25) is 0 Å². The van der Waals surface area contributed by atoms with Crippen molar-refractivity contribution in [2.24, 2.45) is 0 Å². The van der Waals surface area contributed by atoms with Gasteiger partial charge in [0.05, 0.1) is 7.11 Å². The Morgan fingerprint density at radius 2 is 2.00 bits per heavy atom. The molecule has 1 N–H and O–H groups in total. The Hall–Kier alpha value is -1.52. The Kier molecular flexibility index (Phi) is 7.60. The van der Waals surface area contributed by atoms with Crippen molar-refractivity contribution in [2.75, 3.05) is 27.3 Å². The molecule has 0 saturated heterocycles. The van der Waals surface area contributed by atoms with Gasteiger partial charge in [-0.2, -0.15) is 0 Å². The zero-order chi connectivity index (χ0) is 17.4. The number of hydrogen-bond donors (Lipinski definition) is 1. The van der Waals surface area contributed by atoms with Crippen molar-refractivity contribution in [3.05, 3.63) is 29.8 Å². The average Bonchev–Trinajstić information content (AvgIpc) is 2.61. The standard InChI is InChI=1S/C20H31NO3/c1-4-8-16-11-12-19(20(13-16)23-3)24-15-18(22)14-21(2)17-9-6-5-7-10-17/h4,8,11-13,17-18,22H,5-7,9-10,14-15H2,1-3H3/b8-4+. The quantitative estimate of drug-likeness (QED) is 0.787. The maximum atomic E-state index is 10.3. The van der Waals surface area contributed by atoms with Crippen LogP contribution in [0.2, 0.25) is 0 Å². The van der Waals surface area contributed by atoms with E-state index in [1.54, 1.807) is 7.11 Å². The molecule has 4 nitrogen and oxygen atoms in total. The number of nitrogens with zero attached hydrogens (tertiary/aromatic N) is 1. The van der Waals surface area contributed by atoms with Crippen molar-refractivity contribution in [1.29, 1.82) is 0 Å². The van der Waals surface area contributed by atoms with Gasteiger partial charge in [0.1, 0.15) is 12.7 Å². The van der Waals surface area contributed by atoms with Gasteiger partial charge < -0.3 is 19.5 Å². The zero-order valence-electron chi connectivity index (χ0n) is 15.2. The van der Waals surface area contributed by atoms with Gasteiger partial charge in [0.2, 0.25) is 0 Å². The first-order valence-electron chi connectivity index (χ1n) is 8.96. The molecular formula is C20H31NO3. The second-order valence-corrected chi connectivity index (χ2v) is 6.61. The second kappa shape index (κ2) is 9.70. The van der Waals surface area contributed by atoms with Gasteiger partial charge in [-0.15, -0.1) is 0 Å². The molecule has 1 aromatic rings. The van der Waals surface area contributed by atoms with Gasteiger partial charge in [-0.25, -0.2) is 0 Å². The van der Waals surface area contributed by atoms with Crippen molar-refractivity contribution in [2.45, 2.75) is 51.2 Å². The number of rotatable bonds is 8. The molecule has 134 valence electrons. The van der Waals surface area contributed by atoms with E-state index >= 15 is 0 Å². The van der Waals surface area contributed by atoms with Crippen LogP contribution in [-0.4, -0.2) is 49.5 Å². The van der Waals surface area contributed by atoms with Crippen LogP contribution in [-0.2, 0) is 0 Å². The lowest BCUT2D eigenvalue weighted by molar-refractivity contribution is 0.0553. The first-order chi connectivity index (χ1) is 11.6.